The van der Waals surface area contributed by atoms with Gasteiger partial charge in [-0.3, -0.25) is 0 Å². The smallest absolute Gasteiger partial charge is 0.161 e. The molecule has 0 aliphatic carbocycles. The quantitative estimate of drug-likeness (QED) is 0.873. The fourth-order valence-corrected chi connectivity index (χ4v) is 2.18. The third kappa shape index (κ3) is 2.56. The molecule has 6 heteroatoms. The van der Waals surface area contributed by atoms with E-state index in [1.165, 1.54) is 4.68 Å². The predicted molar refractivity (Wildman–Crippen MR) is 70.3 cm³/mol. The van der Waals surface area contributed by atoms with E-state index in [1.54, 1.807) is 13.1 Å². The van der Waals surface area contributed by atoms with Gasteiger partial charge in [0.2, 0.25) is 0 Å². The van der Waals surface area contributed by atoms with Crippen molar-refractivity contribution in [2.45, 2.75) is 26.8 Å². The van der Waals surface area contributed by atoms with Crippen molar-refractivity contribution < 1.29 is 13.2 Å². The summed E-state index contributed by atoms with van der Waals surface area (Å²) in [5.41, 5.74) is 1.47. The second-order valence-electron chi connectivity index (χ2n) is 4.59. The zero-order chi connectivity index (χ0) is 14.9. The standard InChI is InChI=1S/C14H16F3N3/c1-4-18-8(2)10-7-19-20(9(10)3)14-6-12(16)11(15)5-13(14)17/h5-8,18H,4H2,1-3H3. The van der Waals surface area contributed by atoms with Crippen LogP contribution in [0.3, 0.4) is 0 Å². The average molecular weight is 283 g/mol. The van der Waals surface area contributed by atoms with Gasteiger partial charge in [0.15, 0.2) is 17.5 Å². The van der Waals surface area contributed by atoms with Crippen LogP contribution in [-0.2, 0) is 0 Å². The molecule has 2 rings (SSSR count). The Morgan fingerprint density at radius 2 is 1.85 bits per heavy atom. The number of rotatable bonds is 4. The van der Waals surface area contributed by atoms with E-state index in [0.29, 0.717) is 11.8 Å². The molecule has 0 radical (unpaired) electrons. The predicted octanol–water partition coefficient (Wildman–Crippen LogP) is 3.27. The first-order chi connectivity index (χ1) is 9.45. The van der Waals surface area contributed by atoms with Crippen molar-refractivity contribution in [3.05, 3.63) is 47.0 Å². The van der Waals surface area contributed by atoms with Gasteiger partial charge in [-0.05, 0) is 20.4 Å². The van der Waals surface area contributed by atoms with E-state index in [0.717, 1.165) is 18.2 Å². The Hall–Kier alpha value is -1.82. The molecule has 0 fully saturated rings. The summed E-state index contributed by atoms with van der Waals surface area (Å²) in [6.45, 7) is 6.48. The second-order valence-corrected chi connectivity index (χ2v) is 4.59. The van der Waals surface area contributed by atoms with E-state index in [4.69, 9.17) is 0 Å². The van der Waals surface area contributed by atoms with Gasteiger partial charge in [-0.15, -0.1) is 0 Å². The molecular weight excluding hydrogens is 267 g/mol. The van der Waals surface area contributed by atoms with Gasteiger partial charge in [-0.25, -0.2) is 17.9 Å². The first-order valence-electron chi connectivity index (χ1n) is 6.38. The van der Waals surface area contributed by atoms with Crippen LogP contribution in [0.5, 0.6) is 0 Å². The molecule has 2 aromatic rings. The number of benzene rings is 1. The molecule has 1 heterocycles. The summed E-state index contributed by atoms with van der Waals surface area (Å²) >= 11 is 0. The molecule has 1 aromatic carbocycles. The highest BCUT2D eigenvalue weighted by molar-refractivity contribution is 5.37. The van der Waals surface area contributed by atoms with Gasteiger partial charge < -0.3 is 5.32 Å². The van der Waals surface area contributed by atoms with Crippen LogP contribution in [0.1, 0.15) is 31.1 Å². The Balaban J connectivity index is 2.47. The van der Waals surface area contributed by atoms with Crippen molar-refractivity contribution in [3.8, 4) is 5.69 Å². The topological polar surface area (TPSA) is 29.9 Å². The molecule has 20 heavy (non-hydrogen) atoms. The number of nitrogens with one attached hydrogen (secondary N) is 1. The van der Waals surface area contributed by atoms with Gasteiger partial charge in [0.1, 0.15) is 5.69 Å². The summed E-state index contributed by atoms with van der Waals surface area (Å²) in [7, 11) is 0. The van der Waals surface area contributed by atoms with Crippen LogP contribution in [0, 0.1) is 24.4 Å². The molecule has 1 atom stereocenters. The summed E-state index contributed by atoms with van der Waals surface area (Å²) in [6, 6.07) is 1.38. The molecule has 0 spiro atoms. The lowest BCUT2D eigenvalue weighted by Crippen LogP contribution is -2.18. The number of halogens is 3. The van der Waals surface area contributed by atoms with Crippen LogP contribution in [0.15, 0.2) is 18.3 Å². The number of hydrogen-bond acceptors (Lipinski definition) is 2. The van der Waals surface area contributed by atoms with Gasteiger partial charge in [-0.1, -0.05) is 6.92 Å². The lowest BCUT2D eigenvalue weighted by atomic mass is 10.1. The van der Waals surface area contributed by atoms with Crippen LogP contribution in [0.25, 0.3) is 5.69 Å². The highest BCUT2D eigenvalue weighted by atomic mass is 19.2. The van der Waals surface area contributed by atoms with Crippen LogP contribution < -0.4 is 5.32 Å². The first-order valence-corrected chi connectivity index (χ1v) is 6.38. The van der Waals surface area contributed by atoms with Crippen molar-refractivity contribution in [3.63, 3.8) is 0 Å². The Bertz CT molecular complexity index is 622. The molecule has 0 bridgehead atoms. The molecule has 1 aromatic heterocycles. The number of nitrogens with zero attached hydrogens (tertiary/aromatic N) is 2. The Kier molecular flexibility index (Phi) is 4.13. The zero-order valence-corrected chi connectivity index (χ0v) is 11.5. The highest BCUT2D eigenvalue weighted by Crippen LogP contribution is 2.23. The lowest BCUT2D eigenvalue weighted by Gasteiger charge is -2.12. The maximum Gasteiger partial charge on any atom is 0.161 e. The molecule has 108 valence electrons. The van der Waals surface area contributed by atoms with Gasteiger partial charge in [0.05, 0.1) is 6.20 Å². The third-order valence-corrected chi connectivity index (χ3v) is 3.24. The Morgan fingerprint density at radius 3 is 2.50 bits per heavy atom. The SMILES string of the molecule is CCNC(C)c1cnn(-c2cc(F)c(F)cc2F)c1C. The van der Waals surface area contributed by atoms with E-state index in [9.17, 15) is 13.2 Å². The van der Waals surface area contributed by atoms with E-state index < -0.39 is 17.5 Å². The number of aromatic nitrogens is 2. The van der Waals surface area contributed by atoms with Crippen molar-refractivity contribution in [1.82, 2.24) is 15.1 Å². The molecular formula is C14H16F3N3. The van der Waals surface area contributed by atoms with E-state index in [1.807, 2.05) is 13.8 Å². The third-order valence-electron chi connectivity index (χ3n) is 3.24. The summed E-state index contributed by atoms with van der Waals surface area (Å²) in [5.74, 6) is -3.16. The molecule has 0 saturated carbocycles. The lowest BCUT2D eigenvalue weighted by molar-refractivity contribution is 0.491. The van der Waals surface area contributed by atoms with Crippen molar-refractivity contribution in [1.29, 1.82) is 0 Å². The minimum absolute atomic E-state index is 0.0436. The van der Waals surface area contributed by atoms with Crippen LogP contribution in [-0.4, -0.2) is 16.3 Å². The fraction of sp³-hybridized carbons (Fsp3) is 0.357. The van der Waals surface area contributed by atoms with E-state index in [2.05, 4.69) is 10.4 Å². The first kappa shape index (κ1) is 14.6. The van der Waals surface area contributed by atoms with Gasteiger partial charge in [0.25, 0.3) is 0 Å². The largest absolute Gasteiger partial charge is 0.310 e. The van der Waals surface area contributed by atoms with Crippen molar-refractivity contribution >= 4 is 0 Å². The summed E-state index contributed by atoms with van der Waals surface area (Å²) < 4.78 is 41.3. The average Bonchev–Trinajstić information content (AvgIpc) is 2.76. The molecule has 0 aliphatic heterocycles. The minimum atomic E-state index is -1.21. The van der Waals surface area contributed by atoms with Crippen LogP contribution >= 0.6 is 0 Å². The maximum atomic E-state index is 13.8. The van der Waals surface area contributed by atoms with E-state index >= 15 is 0 Å². The van der Waals surface area contributed by atoms with Gasteiger partial charge in [0, 0.05) is 29.4 Å². The fourth-order valence-electron chi connectivity index (χ4n) is 2.18. The summed E-state index contributed by atoms with van der Waals surface area (Å²) in [6.07, 6.45) is 1.60. The number of hydrogen-bond donors (Lipinski definition) is 1. The summed E-state index contributed by atoms with van der Waals surface area (Å²) in [4.78, 5) is 0. The molecule has 0 saturated heterocycles. The minimum Gasteiger partial charge on any atom is -0.310 e. The van der Waals surface area contributed by atoms with Crippen LogP contribution in [0.2, 0.25) is 0 Å². The van der Waals surface area contributed by atoms with Crippen LogP contribution in [0.4, 0.5) is 13.2 Å². The van der Waals surface area contributed by atoms with Crippen molar-refractivity contribution in [2.24, 2.45) is 0 Å². The maximum absolute atomic E-state index is 13.8. The monoisotopic (exact) mass is 283 g/mol. The summed E-state index contributed by atoms with van der Waals surface area (Å²) in [5, 5.41) is 7.29. The molecule has 1 unspecified atom stereocenters. The van der Waals surface area contributed by atoms with Gasteiger partial charge >= 0.3 is 0 Å². The highest BCUT2D eigenvalue weighted by Gasteiger charge is 2.17. The zero-order valence-electron chi connectivity index (χ0n) is 11.5. The van der Waals surface area contributed by atoms with Gasteiger partial charge in [-0.2, -0.15) is 5.10 Å². The molecule has 0 amide bonds. The molecule has 3 nitrogen and oxygen atoms in total. The molecule has 0 aliphatic rings. The Morgan fingerprint density at radius 1 is 1.20 bits per heavy atom. The van der Waals surface area contributed by atoms with E-state index in [-0.39, 0.29) is 11.7 Å². The second kappa shape index (κ2) is 5.66. The van der Waals surface area contributed by atoms with Crippen molar-refractivity contribution in [2.75, 3.05) is 6.54 Å². The Labute approximate surface area is 115 Å². The normalized spacial score (nSPS) is 12.7. The molecule has 1 N–H and O–H groups in total.